The van der Waals surface area contributed by atoms with Gasteiger partial charge in [0.05, 0.1) is 18.8 Å². The van der Waals surface area contributed by atoms with E-state index in [1.165, 1.54) is 24.0 Å². The van der Waals surface area contributed by atoms with Gasteiger partial charge < -0.3 is 4.74 Å². The van der Waals surface area contributed by atoms with Gasteiger partial charge in [0.25, 0.3) is 5.56 Å². The van der Waals surface area contributed by atoms with Crippen LogP contribution in [0.15, 0.2) is 35.1 Å². The van der Waals surface area contributed by atoms with E-state index in [1.807, 2.05) is 19.1 Å². The van der Waals surface area contributed by atoms with Gasteiger partial charge in [-0.1, -0.05) is 24.1 Å². The topological polar surface area (TPSA) is 62.6 Å². The molecule has 6 nitrogen and oxygen atoms in total. The molecule has 0 aliphatic carbocycles. The van der Waals surface area contributed by atoms with Crippen molar-refractivity contribution in [2.24, 2.45) is 0 Å². The van der Waals surface area contributed by atoms with Crippen molar-refractivity contribution in [3.8, 4) is 5.75 Å². The van der Waals surface area contributed by atoms with Crippen LogP contribution in [0.1, 0.15) is 47.8 Å². The van der Waals surface area contributed by atoms with Crippen molar-refractivity contribution in [1.82, 2.24) is 19.5 Å². The number of benzene rings is 1. The zero-order valence-electron chi connectivity index (χ0n) is 16.2. The highest BCUT2D eigenvalue weighted by Gasteiger charge is 2.26. The van der Waals surface area contributed by atoms with Crippen LogP contribution in [0, 0.1) is 13.8 Å². The van der Waals surface area contributed by atoms with Crippen LogP contribution in [-0.2, 0) is 6.54 Å². The van der Waals surface area contributed by atoms with Crippen molar-refractivity contribution in [2.75, 3.05) is 13.7 Å². The maximum atomic E-state index is 12.3. The van der Waals surface area contributed by atoms with Crippen LogP contribution < -0.4 is 10.3 Å². The maximum absolute atomic E-state index is 12.3. The van der Waals surface area contributed by atoms with E-state index in [4.69, 9.17) is 4.74 Å². The van der Waals surface area contributed by atoms with Crippen LogP contribution in [0.25, 0.3) is 5.65 Å². The van der Waals surface area contributed by atoms with Gasteiger partial charge in [-0.25, -0.2) is 9.50 Å². The summed E-state index contributed by atoms with van der Waals surface area (Å²) in [6, 6.07) is 10.1. The number of piperidine rings is 1. The second-order valence-electron chi connectivity index (χ2n) is 7.44. The number of hydrogen-bond acceptors (Lipinski definition) is 4. The number of ether oxygens (including phenoxy) is 1. The molecule has 0 spiro atoms. The van der Waals surface area contributed by atoms with Gasteiger partial charge in [-0.05, 0) is 39.3 Å². The quantitative estimate of drug-likeness (QED) is 0.769. The standard InChI is InChI=1S/C21H26N4O2/c1-14-7-8-19(27-3)16(10-14)13-24-9-5-4-6-18(24)17-12-20-22-15(2)11-21(26)25(20)23-17/h7-8,10-12,18,23H,4-6,9,13H2,1-3H3/t18-/m0/s1. The van der Waals surface area contributed by atoms with E-state index in [0.717, 1.165) is 36.6 Å². The molecule has 1 N–H and O–H groups in total. The van der Waals surface area contributed by atoms with Gasteiger partial charge in [-0.3, -0.25) is 14.8 Å². The van der Waals surface area contributed by atoms with Crippen LogP contribution >= 0.6 is 0 Å². The minimum absolute atomic E-state index is 0.0635. The fourth-order valence-corrected chi connectivity index (χ4v) is 4.08. The number of aromatic nitrogens is 3. The minimum atomic E-state index is -0.0635. The third-order valence-corrected chi connectivity index (χ3v) is 5.38. The third-order valence-electron chi connectivity index (χ3n) is 5.38. The average Bonchev–Trinajstić information content (AvgIpc) is 3.06. The monoisotopic (exact) mass is 366 g/mol. The summed E-state index contributed by atoms with van der Waals surface area (Å²) in [5.74, 6) is 0.926. The molecule has 1 aromatic carbocycles. The summed E-state index contributed by atoms with van der Waals surface area (Å²) in [5, 5.41) is 3.29. The third kappa shape index (κ3) is 3.49. The molecule has 3 aromatic rings. The van der Waals surface area contributed by atoms with Crippen molar-refractivity contribution in [3.63, 3.8) is 0 Å². The molecule has 1 saturated heterocycles. The Labute approximate surface area is 158 Å². The molecule has 0 unspecified atom stereocenters. The second kappa shape index (κ2) is 7.19. The van der Waals surface area contributed by atoms with E-state index >= 15 is 0 Å². The second-order valence-corrected chi connectivity index (χ2v) is 7.44. The predicted octanol–water partition coefficient (Wildman–Crippen LogP) is 3.38. The first-order valence-electron chi connectivity index (χ1n) is 9.52. The highest BCUT2D eigenvalue weighted by molar-refractivity contribution is 5.41. The normalized spacial score (nSPS) is 18.1. The van der Waals surface area contributed by atoms with Crippen molar-refractivity contribution < 1.29 is 4.74 Å². The lowest BCUT2D eigenvalue weighted by Crippen LogP contribution is -2.33. The smallest absolute Gasteiger partial charge is 0.272 e. The lowest BCUT2D eigenvalue weighted by molar-refractivity contribution is 0.135. The van der Waals surface area contributed by atoms with Crippen LogP contribution in [0.5, 0.6) is 5.75 Å². The van der Waals surface area contributed by atoms with Gasteiger partial charge in [0.15, 0.2) is 5.65 Å². The number of aryl methyl sites for hydroxylation is 2. The SMILES string of the molecule is COc1ccc(C)cc1CN1CCCC[C@H]1c1cc2nc(C)cc(=O)n2[nH]1. The minimum Gasteiger partial charge on any atom is -0.496 e. The number of nitrogens with one attached hydrogen (secondary N) is 1. The van der Waals surface area contributed by atoms with E-state index in [9.17, 15) is 4.79 Å². The van der Waals surface area contributed by atoms with E-state index in [-0.39, 0.29) is 11.6 Å². The summed E-state index contributed by atoms with van der Waals surface area (Å²) in [5.41, 5.74) is 4.86. The Morgan fingerprint density at radius 1 is 1.22 bits per heavy atom. The molecule has 142 valence electrons. The number of methoxy groups -OCH3 is 1. The molecular weight excluding hydrogens is 340 g/mol. The Kier molecular flexibility index (Phi) is 4.74. The summed E-state index contributed by atoms with van der Waals surface area (Å²) in [7, 11) is 1.72. The number of rotatable bonds is 4. The van der Waals surface area contributed by atoms with Crippen LogP contribution in [0.4, 0.5) is 0 Å². The summed E-state index contributed by atoms with van der Waals surface area (Å²) < 4.78 is 7.11. The van der Waals surface area contributed by atoms with E-state index in [1.54, 1.807) is 17.7 Å². The van der Waals surface area contributed by atoms with Crippen molar-refractivity contribution in [1.29, 1.82) is 0 Å². The molecule has 1 fully saturated rings. The molecule has 0 saturated carbocycles. The molecular formula is C21H26N4O2. The van der Waals surface area contributed by atoms with Crippen LogP contribution in [0.2, 0.25) is 0 Å². The Bertz CT molecular complexity index is 1020. The molecule has 1 atom stereocenters. The molecule has 0 bridgehead atoms. The number of aromatic amines is 1. The molecule has 6 heteroatoms. The average molecular weight is 366 g/mol. The summed E-state index contributed by atoms with van der Waals surface area (Å²) in [6.07, 6.45) is 3.43. The molecule has 27 heavy (non-hydrogen) atoms. The highest BCUT2D eigenvalue weighted by atomic mass is 16.5. The van der Waals surface area contributed by atoms with E-state index < -0.39 is 0 Å². The van der Waals surface area contributed by atoms with Gasteiger partial charge >= 0.3 is 0 Å². The van der Waals surface area contributed by atoms with Crippen molar-refractivity contribution in [3.05, 3.63) is 63.2 Å². The Hall–Kier alpha value is -2.60. The molecule has 0 radical (unpaired) electrons. The summed E-state index contributed by atoms with van der Waals surface area (Å²) >= 11 is 0. The fourth-order valence-electron chi connectivity index (χ4n) is 4.08. The van der Waals surface area contributed by atoms with Gasteiger partial charge in [0.1, 0.15) is 5.75 Å². The van der Waals surface area contributed by atoms with Gasteiger partial charge in [-0.2, -0.15) is 0 Å². The molecule has 0 amide bonds. The number of fused-ring (bicyclic) bond motifs is 1. The van der Waals surface area contributed by atoms with Gasteiger partial charge in [0.2, 0.25) is 0 Å². The number of nitrogens with zero attached hydrogens (tertiary/aromatic N) is 3. The predicted molar refractivity (Wildman–Crippen MR) is 105 cm³/mol. The summed E-state index contributed by atoms with van der Waals surface area (Å²) in [4.78, 5) is 19.2. The lowest BCUT2D eigenvalue weighted by Gasteiger charge is -2.35. The molecule has 2 aromatic heterocycles. The first-order chi connectivity index (χ1) is 13.0. The van der Waals surface area contributed by atoms with Crippen LogP contribution in [-0.4, -0.2) is 33.2 Å². The highest BCUT2D eigenvalue weighted by Crippen LogP contribution is 2.33. The molecule has 1 aliphatic heterocycles. The Morgan fingerprint density at radius 2 is 2.07 bits per heavy atom. The summed E-state index contributed by atoms with van der Waals surface area (Å²) in [6.45, 7) is 5.81. The number of hydrogen-bond donors (Lipinski definition) is 1. The van der Waals surface area contributed by atoms with E-state index in [2.05, 4.69) is 34.0 Å². The largest absolute Gasteiger partial charge is 0.496 e. The number of likely N-dealkylation sites (tertiary alicyclic amines) is 1. The lowest BCUT2D eigenvalue weighted by atomic mass is 9.98. The molecule has 4 rings (SSSR count). The van der Waals surface area contributed by atoms with Gasteiger partial charge in [0, 0.05) is 29.9 Å². The fraction of sp³-hybridized carbons (Fsp3) is 0.429. The van der Waals surface area contributed by atoms with Crippen molar-refractivity contribution >= 4 is 5.65 Å². The first-order valence-corrected chi connectivity index (χ1v) is 9.52. The Morgan fingerprint density at radius 3 is 2.89 bits per heavy atom. The van der Waals surface area contributed by atoms with Crippen LogP contribution in [0.3, 0.4) is 0 Å². The van der Waals surface area contributed by atoms with Crippen molar-refractivity contribution in [2.45, 2.75) is 45.7 Å². The van der Waals surface area contributed by atoms with Gasteiger partial charge in [-0.15, -0.1) is 0 Å². The zero-order chi connectivity index (χ0) is 19.0. The first kappa shape index (κ1) is 17.8. The zero-order valence-corrected chi connectivity index (χ0v) is 16.2. The van der Waals surface area contributed by atoms with E-state index in [0.29, 0.717) is 5.65 Å². The Balaban J connectivity index is 1.68. The molecule has 1 aliphatic rings. The number of H-pyrrole nitrogens is 1. The maximum Gasteiger partial charge on any atom is 0.272 e. The molecule has 3 heterocycles.